The Hall–Kier alpha value is -0.530. The van der Waals surface area contributed by atoms with Gasteiger partial charge in [-0.05, 0) is 32.6 Å². The van der Waals surface area contributed by atoms with Gasteiger partial charge < -0.3 is 5.32 Å². The molecule has 2 aliphatic rings. The van der Waals surface area contributed by atoms with Gasteiger partial charge >= 0.3 is 0 Å². The van der Waals surface area contributed by atoms with Crippen molar-refractivity contribution >= 4 is 5.91 Å². The van der Waals surface area contributed by atoms with Crippen LogP contribution in [0.4, 0.5) is 0 Å². The first-order valence-electron chi connectivity index (χ1n) is 5.27. The fourth-order valence-corrected chi connectivity index (χ4v) is 2.79. The Balaban J connectivity index is 2.24. The molecular formula is C11H19NO. The van der Waals surface area contributed by atoms with Gasteiger partial charge in [0.1, 0.15) is 0 Å². The van der Waals surface area contributed by atoms with Gasteiger partial charge in [-0.2, -0.15) is 0 Å². The Bertz CT molecular complexity index is 242. The molecule has 0 aromatic heterocycles. The van der Waals surface area contributed by atoms with Gasteiger partial charge in [0.25, 0.3) is 0 Å². The Morgan fingerprint density at radius 1 is 1.31 bits per heavy atom. The number of carbonyl (C=O) groups excluding carboxylic acids is 1. The van der Waals surface area contributed by atoms with Gasteiger partial charge in [-0.15, -0.1) is 0 Å². The third-order valence-electron chi connectivity index (χ3n) is 4.41. The highest BCUT2D eigenvalue weighted by Gasteiger charge is 2.54. The Morgan fingerprint density at radius 2 is 1.92 bits per heavy atom. The van der Waals surface area contributed by atoms with Gasteiger partial charge in [-0.1, -0.05) is 13.3 Å². The van der Waals surface area contributed by atoms with Crippen molar-refractivity contribution in [3.05, 3.63) is 0 Å². The molecule has 2 nitrogen and oxygen atoms in total. The monoisotopic (exact) mass is 181 g/mol. The molecule has 13 heavy (non-hydrogen) atoms. The number of carbonyl (C=O) groups is 1. The predicted molar refractivity (Wildman–Crippen MR) is 52.3 cm³/mol. The Morgan fingerprint density at radius 3 is 2.23 bits per heavy atom. The molecule has 1 aliphatic heterocycles. The smallest absolute Gasteiger partial charge is 0.221 e. The van der Waals surface area contributed by atoms with Crippen LogP contribution in [-0.2, 0) is 4.79 Å². The average molecular weight is 181 g/mol. The van der Waals surface area contributed by atoms with Gasteiger partial charge in [0.2, 0.25) is 5.91 Å². The quantitative estimate of drug-likeness (QED) is 0.659. The lowest BCUT2D eigenvalue weighted by molar-refractivity contribution is -0.120. The van der Waals surface area contributed by atoms with Crippen LogP contribution >= 0.6 is 0 Å². The zero-order valence-electron chi connectivity index (χ0n) is 8.81. The second-order valence-electron chi connectivity index (χ2n) is 5.40. The molecule has 1 saturated carbocycles. The van der Waals surface area contributed by atoms with E-state index >= 15 is 0 Å². The lowest BCUT2D eigenvalue weighted by atomic mass is 9.58. The van der Waals surface area contributed by atoms with E-state index in [0.717, 1.165) is 12.3 Å². The number of hydrogen-bond acceptors (Lipinski definition) is 1. The van der Waals surface area contributed by atoms with Crippen LogP contribution < -0.4 is 5.32 Å². The number of hydrogen-bond donors (Lipinski definition) is 1. The highest BCUT2D eigenvalue weighted by molar-refractivity contribution is 5.80. The summed E-state index contributed by atoms with van der Waals surface area (Å²) in [6.07, 6.45) is 4.71. The van der Waals surface area contributed by atoms with Crippen molar-refractivity contribution < 1.29 is 4.79 Å². The third kappa shape index (κ3) is 1.11. The van der Waals surface area contributed by atoms with E-state index in [0.29, 0.717) is 0 Å². The van der Waals surface area contributed by atoms with Gasteiger partial charge in [-0.25, -0.2) is 0 Å². The second kappa shape index (κ2) is 2.49. The zero-order chi connectivity index (χ0) is 9.69. The van der Waals surface area contributed by atoms with E-state index in [2.05, 4.69) is 26.1 Å². The standard InChI is InChI=1S/C11H19NO/c1-10(2)11(3,7-9(13)12-10)8-5-4-6-8/h8H,4-7H2,1-3H3,(H,12,13). The first kappa shape index (κ1) is 9.04. The van der Waals surface area contributed by atoms with E-state index in [4.69, 9.17) is 0 Å². The van der Waals surface area contributed by atoms with E-state index in [9.17, 15) is 4.79 Å². The molecule has 1 aliphatic carbocycles. The molecule has 0 radical (unpaired) electrons. The first-order valence-corrected chi connectivity index (χ1v) is 5.27. The van der Waals surface area contributed by atoms with Crippen LogP contribution in [0.15, 0.2) is 0 Å². The van der Waals surface area contributed by atoms with Crippen LogP contribution in [0.3, 0.4) is 0 Å². The van der Waals surface area contributed by atoms with Crippen LogP contribution in [0, 0.1) is 11.3 Å². The van der Waals surface area contributed by atoms with Crippen molar-refractivity contribution in [3.63, 3.8) is 0 Å². The normalized spacial score (nSPS) is 38.5. The summed E-state index contributed by atoms with van der Waals surface area (Å²) in [7, 11) is 0. The van der Waals surface area contributed by atoms with Crippen molar-refractivity contribution in [2.45, 2.75) is 52.0 Å². The highest BCUT2D eigenvalue weighted by Crippen LogP contribution is 2.52. The molecule has 1 N–H and O–H groups in total. The van der Waals surface area contributed by atoms with Crippen molar-refractivity contribution in [3.8, 4) is 0 Å². The second-order valence-corrected chi connectivity index (χ2v) is 5.40. The number of amides is 1. The maximum absolute atomic E-state index is 11.4. The van der Waals surface area contributed by atoms with Gasteiger partial charge in [0, 0.05) is 17.4 Å². The Labute approximate surface area is 80.1 Å². The minimum atomic E-state index is -0.00479. The number of rotatable bonds is 1. The van der Waals surface area contributed by atoms with E-state index in [1.54, 1.807) is 0 Å². The van der Waals surface area contributed by atoms with Gasteiger partial charge in [0.15, 0.2) is 0 Å². The SMILES string of the molecule is CC1(C)NC(=O)CC1(C)C1CCC1. The minimum absolute atomic E-state index is 0.00479. The molecule has 2 heteroatoms. The summed E-state index contributed by atoms with van der Waals surface area (Å²) >= 11 is 0. The van der Waals surface area contributed by atoms with Crippen molar-refractivity contribution in [2.24, 2.45) is 11.3 Å². The summed E-state index contributed by atoms with van der Waals surface area (Å²) in [5.74, 6) is 1.00. The summed E-state index contributed by atoms with van der Waals surface area (Å²) in [6, 6.07) is 0. The molecule has 1 unspecified atom stereocenters. The molecule has 0 aromatic carbocycles. The third-order valence-corrected chi connectivity index (χ3v) is 4.41. The summed E-state index contributed by atoms with van der Waals surface area (Å²) in [4.78, 5) is 11.4. The van der Waals surface area contributed by atoms with E-state index < -0.39 is 0 Å². The molecule has 0 spiro atoms. The number of nitrogens with one attached hydrogen (secondary N) is 1. The van der Waals surface area contributed by atoms with Crippen LogP contribution in [-0.4, -0.2) is 11.4 Å². The molecule has 0 aromatic rings. The Kier molecular flexibility index (Phi) is 1.73. The lowest BCUT2D eigenvalue weighted by Gasteiger charge is -2.47. The van der Waals surface area contributed by atoms with Crippen LogP contribution in [0.2, 0.25) is 0 Å². The maximum atomic E-state index is 11.4. The molecule has 0 bridgehead atoms. The molecule has 1 saturated heterocycles. The molecule has 1 heterocycles. The van der Waals surface area contributed by atoms with E-state index in [-0.39, 0.29) is 16.9 Å². The summed E-state index contributed by atoms with van der Waals surface area (Å²) in [6.45, 7) is 6.60. The molecule has 2 rings (SSSR count). The van der Waals surface area contributed by atoms with Crippen molar-refractivity contribution in [2.75, 3.05) is 0 Å². The summed E-state index contributed by atoms with van der Waals surface area (Å²) in [5.41, 5.74) is 0.192. The molecular weight excluding hydrogens is 162 g/mol. The van der Waals surface area contributed by atoms with Crippen molar-refractivity contribution in [1.82, 2.24) is 5.32 Å². The minimum Gasteiger partial charge on any atom is -0.351 e. The molecule has 1 atom stereocenters. The van der Waals surface area contributed by atoms with Gasteiger partial charge in [-0.3, -0.25) is 4.79 Å². The average Bonchev–Trinajstić information content (AvgIpc) is 1.95. The van der Waals surface area contributed by atoms with Crippen LogP contribution in [0.5, 0.6) is 0 Å². The summed E-state index contributed by atoms with van der Waals surface area (Å²) in [5, 5.41) is 3.09. The summed E-state index contributed by atoms with van der Waals surface area (Å²) < 4.78 is 0. The molecule has 2 fully saturated rings. The first-order chi connectivity index (χ1) is 5.96. The molecule has 1 amide bonds. The molecule has 74 valence electrons. The maximum Gasteiger partial charge on any atom is 0.221 e. The zero-order valence-corrected chi connectivity index (χ0v) is 8.81. The fraction of sp³-hybridized carbons (Fsp3) is 0.909. The van der Waals surface area contributed by atoms with Gasteiger partial charge in [0.05, 0.1) is 0 Å². The van der Waals surface area contributed by atoms with Crippen molar-refractivity contribution in [1.29, 1.82) is 0 Å². The predicted octanol–water partition coefficient (Wildman–Crippen LogP) is 2.09. The van der Waals surface area contributed by atoms with E-state index in [1.165, 1.54) is 19.3 Å². The highest BCUT2D eigenvalue weighted by atomic mass is 16.2. The van der Waals surface area contributed by atoms with E-state index in [1.807, 2.05) is 0 Å². The lowest BCUT2D eigenvalue weighted by Crippen LogP contribution is -2.50. The van der Waals surface area contributed by atoms with Crippen LogP contribution in [0.1, 0.15) is 46.5 Å². The largest absolute Gasteiger partial charge is 0.351 e. The van der Waals surface area contributed by atoms with Crippen LogP contribution in [0.25, 0.3) is 0 Å². The topological polar surface area (TPSA) is 29.1 Å². The fourth-order valence-electron chi connectivity index (χ4n) is 2.79.